The van der Waals surface area contributed by atoms with E-state index in [0.717, 1.165) is 11.1 Å². The Morgan fingerprint density at radius 1 is 0.769 bits per heavy atom. The summed E-state index contributed by atoms with van der Waals surface area (Å²) in [4.78, 5) is 11.6. The van der Waals surface area contributed by atoms with Crippen molar-refractivity contribution < 1.29 is 18.3 Å². The molecule has 0 bridgehead atoms. The van der Waals surface area contributed by atoms with Crippen LogP contribution in [0.1, 0.15) is 5.56 Å². The standard InChI is InChI=1S/C21H18O4S/c22-21(23)20(15-16-7-3-1-4-8-16)26(24,25)19-13-11-18(12-14-19)17-9-5-2-6-10-17/h1-14,20H,15H2,(H,22,23)/t20-/m1/s1. The molecule has 0 aliphatic rings. The van der Waals surface area contributed by atoms with Crippen molar-refractivity contribution in [1.29, 1.82) is 0 Å². The van der Waals surface area contributed by atoms with Gasteiger partial charge >= 0.3 is 5.97 Å². The summed E-state index contributed by atoms with van der Waals surface area (Å²) in [6.45, 7) is 0. The van der Waals surface area contributed by atoms with Gasteiger partial charge in [0.2, 0.25) is 0 Å². The average molecular weight is 366 g/mol. The van der Waals surface area contributed by atoms with Crippen molar-refractivity contribution in [2.45, 2.75) is 16.6 Å². The number of sulfone groups is 1. The maximum Gasteiger partial charge on any atom is 0.322 e. The Labute approximate surface area is 152 Å². The molecule has 3 rings (SSSR count). The van der Waals surface area contributed by atoms with Crippen LogP contribution in [0.2, 0.25) is 0 Å². The van der Waals surface area contributed by atoms with Crippen LogP contribution in [-0.4, -0.2) is 24.7 Å². The van der Waals surface area contributed by atoms with Crippen LogP contribution in [-0.2, 0) is 21.1 Å². The van der Waals surface area contributed by atoms with Crippen molar-refractivity contribution in [3.05, 3.63) is 90.5 Å². The number of hydrogen-bond donors (Lipinski definition) is 1. The highest BCUT2D eigenvalue weighted by molar-refractivity contribution is 7.92. The molecular weight excluding hydrogens is 348 g/mol. The quantitative estimate of drug-likeness (QED) is 0.720. The number of carbonyl (C=O) groups is 1. The molecule has 0 aromatic heterocycles. The molecule has 0 spiro atoms. The van der Waals surface area contributed by atoms with Crippen molar-refractivity contribution >= 4 is 15.8 Å². The number of carboxylic acid groups (broad SMARTS) is 1. The van der Waals surface area contributed by atoms with Gasteiger partial charge in [0.1, 0.15) is 0 Å². The Kier molecular flexibility index (Phi) is 5.19. The first kappa shape index (κ1) is 17.9. The summed E-state index contributed by atoms with van der Waals surface area (Å²) in [6, 6.07) is 24.7. The van der Waals surface area contributed by atoms with E-state index in [-0.39, 0.29) is 11.3 Å². The van der Waals surface area contributed by atoms with Crippen LogP contribution < -0.4 is 0 Å². The monoisotopic (exact) mass is 366 g/mol. The number of rotatable bonds is 6. The summed E-state index contributed by atoms with van der Waals surface area (Å²) in [7, 11) is -4.00. The van der Waals surface area contributed by atoms with E-state index < -0.39 is 21.1 Å². The lowest BCUT2D eigenvalue weighted by Gasteiger charge is -2.14. The van der Waals surface area contributed by atoms with Crippen LogP contribution in [0.5, 0.6) is 0 Å². The second kappa shape index (κ2) is 7.54. The van der Waals surface area contributed by atoms with E-state index >= 15 is 0 Å². The van der Waals surface area contributed by atoms with Crippen LogP contribution in [0.3, 0.4) is 0 Å². The minimum absolute atomic E-state index is 0.0144. The molecule has 0 fully saturated rings. The number of aliphatic carboxylic acids is 1. The smallest absolute Gasteiger partial charge is 0.322 e. The van der Waals surface area contributed by atoms with Gasteiger partial charge < -0.3 is 5.11 Å². The van der Waals surface area contributed by atoms with Gasteiger partial charge in [0.15, 0.2) is 15.1 Å². The molecule has 0 saturated carbocycles. The van der Waals surface area contributed by atoms with E-state index in [1.54, 1.807) is 42.5 Å². The maximum absolute atomic E-state index is 12.8. The minimum Gasteiger partial charge on any atom is -0.480 e. The highest BCUT2D eigenvalue weighted by atomic mass is 32.2. The lowest BCUT2D eigenvalue weighted by molar-refractivity contribution is -0.136. The number of hydrogen-bond acceptors (Lipinski definition) is 3. The summed E-state index contributed by atoms with van der Waals surface area (Å²) in [6.07, 6.45) is -0.0705. The molecule has 0 aliphatic heterocycles. The predicted molar refractivity (Wildman–Crippen MR) is 101 cm³/mol. The van der Waals surface area contributed by atoms with Gasteiger partial charge in [-0.1, -0.05) is 72.8 Å². The van der Waals surface area contributed by atoms with Gasteiger partial charge in [0.05, 0.1) is 4.90 Å². The molecule has 0 aliphatic carbocycles. The zero-order valence-corrected chi connectivity index (χ0v) is 14.8. The van der Waals surface area contributed by atoms with Crippen LogP contribution in [0.25, 0.3) is 11.1 Å². The Balaban J connectivity index is 1.91. The summed E-state index contributed by atoms with van der Waals surface area (Å²) in [5, 5.41) is 7.96. The Morgan fingerprint density at radius 3 is 1.81 bits per heavy atom. The van der Waals surface area contributed by atoms with E-state index in [2.05, 4.69) is 0 Å². The zero-order valence-electron chi connectivity index (χ0n) is 13.9. The molecule has 0 saturated heterocycles. The molecule has 0 unspecified atom stereocenters. The lowest BCUT2D eigenvalue weighted by Crippen LogP contribution is -2.32. The van der Waals surface area contributed by atoms with Crippen molar-refractivity contribution in [3.8, 4) is 11.1 Å². The minimum atomic E-state index is -4.00. The van der Waals surface area contributed by atoms with E-state index in [1.165, 1.54) is 12.1 Å². The van der Waals surface area contributed by atoms with Crippen LogP contribution in [0.4, 0.5) is 0 Å². The molecule has 4 nitrogen and oxygen atoms in total. The molecule has 132 valence electrons. The van der Waals surface area contributed by atoms with Gasteiger partial charge in [0.25, 0.3) is 0 Å². The summed E-state index contributed by atoms with van der Waals surface area (Å²) in [5.74, 6) is -1.35. The Hall–Kier alpha value is -2.92. The van der Waals surface area contributed by atoms with Gasteiger partial charge in [0, 0.05) is 6.42 Å². The van der Waals surface area contributed by atoms with Gasteiger partial charge in [-0.05, 0) is 28.8 Å². The van der Waals surface area contributed by atoms with E-state index in [4.69, 9.17) is 0 Å². The molecule has 1 atom stereocenters. The van der Waals surface area contributed by atoms with Gasteiger partial charge in [-0.2, -0.15) is 0 Å². The van der Waals surface area contributed by atoms with Crippen molar-refractivity contribution in [3.63, 3.8) is 0 Å². The fourth-order valence-electron chi connectivity index (χ4n) is 2.79. The highest BCUT2D eigenvalue weighted by Gasteiger charge is 2.34. The second-order valence-electron chi connectivity index (χ2n) is 5.95. The SMILES string of the molecule is O=C(O)[C@@H](Cc1ccccc1)S(=O)(=O)c1ccc(-c2ccccc2)cc1. The summed E-state index contributed by atoms with van der Waals surface area (Å²) >= 11 is 0. The molecule has 0 amide bonds. The predicted octanol–water partition coefficient (Wildman–Crippen LogP) is 3.82. The van der Waals surface area contributed by atoms with Crippen molar-refractivity contribution in [2.24, 2.45) is 0 Å². The van der Waals surface area contributed by atoms with Crippen LogP contribution in [0, 0.1) is 0 Å². The first-order valence-electron chi connectivity index (χ1n) is 8.14. The number of carboxylic acids is 1. The van der Waals surface area contributed by atoms with Crippen molar-refractivity contribution in [1.82, 2.24) is 0 Å². The van der Waals surface area contributed by atoms with Crippen LogP contribution >= 0.6 is 0 Å². The maximum atomic E-state index is 12.8. The molecule has 0 heterocycles. The van der Waals surface area contributed by atoms with Crippen LogP contribution in [0.15, 0.2) is 89.8 Å². The van der Waals surface area contributed by atoms with Gasteiger partial charge in [-0.25, -0.2) is 8.42 Å². The number of benzene rings is 3. The second-order valence-corrected chi connectivity index (χ2v) is 8.08. The fourth-order valence-corrected chi connectivity index (χ4v) is 4.31. The molecule has 0 radical (unpaired) electrons. The molecular formula is C21H18O4S. The molecule has 1 N–H and O–H groups in total. The Morgan fingerprint density at radius 2 is 1.27 bits per heavy atom. The molecule has 26 heavy (non-hydrogen) atoms. The molecule has 3 aromatic rings. The summed E-state index contributed by atoms with van der Waals surface area (Å²) < 4.78 is 25.7. The zero-order chi connectivity index (χ0) is 18.6. The molecule has 5 heteroatoms. The van der Waals surface area contributed by atoms with E-state index in [9.17, 15) is 18.3 Å². The summed E-state index contributed by atoms with van der Waals surface area (Å²) in [5.41, 5.74) is 2.51. The Bertz CT molecular complexity index is 979. The lowest BCUT2D eigenvalue weighted by atomic mass is 10.1. The first-order chi connectivity index (χ1) is 12.5. The molecule has 3 aromatic carbocycles. The third kappa shape index (κ3) is 3.83. The third-order valence-electron chi connectivity index (χ3n) is 4.20. The van der Waals surface area contributed by atoms with Gasteiger partial charge in [-0.3, -0.25) is 4.79 Å². The normalized spacial score (nSPS) is 12.5. The van der Waals surface area contributed by atoms with Crippen molar-refractivity contribution in [2.75, 3.05) is 0 Å². The van der Waals surface area contributed by atoms with Gasteiger partial charge in [-0.15, -0.1) is 0 Å². The van der Waals surface area contributed by atoms with E-state index in [1.807, 2.05) is 30.3 Å². The largest absolute Gasteiger partial charge is 0.480 e. The average Bonchev–Trinajstić information content (AvgIpc) is 2.67. The first-order valence-corrected chi connectivity index (χ1v) is 9.69. The third-order valence-corrected chi connectivity index (χ3v) is 6.25. The highest BCUT2D eigenvalue weighted by Crippen LogP contribution is 2.24. The van der Waals surface area contributed by atoms with E-state index in [0.29, 0.717) is 5.56 Å². The fraction of sp³-hybridized carbons (Fsp3) is 0.0952. The topological polar surface area (TPSA) is 71.4 Å².